The van der Waals surface area contributed by atoms with Crippen LogP contribution in [0.25, 0.3) is 0 Å². The molecule has 0 radical (unpaired) electrons. The molecule has 0 amide bonds. The first-order valence-corrected chi connectivity index (χ1v) is 9.33. The second kappa shape index (κ2) is 10.9. The molecule has 1 aliphatic rings. The van der Waals surface area contributed by atoms with Gasteiger partial charge in [-0.1, -0.05) is 66.3 Å². The van der Waals surface area contributed by atoms with Crippen molar-refractivity contribution < 1.29 is 0 Å². The van der Waals surface area contributed by atoms with Crippen LogP contribution in [0.3, 0.4) is 0 Å². The van der Waals surface area contributed by atoms with Crippen LogP contribution >= 0.6 is 0 Å². The van der Waals surface area contributed by atoms with Gasteiger partial charge < -0.3 is 5.73 Å². The Morgan fingerprint density at radius 3 is 1.75 bits per heavy atom. The van der Waals surface area contributed by atoms with Crippen LogP contribution in [0.1, 0.15) is 69.7 Å². The average Bonchev–Trinajstić information content (AvgIpc) is 2.60. The second-order valence-electron chi connectivity index (χ2n) is 6.01. The Labute approximate surface area is 150 Å². The van der Waals surface area contributed by atoms with Crippen LogP contribution in [0.5, 0.6) is 0 Å². The summed E-state index contributed by atoms with van der Waals surface area (Å²) in [6, 6.07) is 4.71. The van der Waals surface area contributed by atoms with E-state index in [4.69, 9.17) is 5.73 Å². The molecule has 2 rings (SSSR count). The lowest BCUT2D eigenvalue weighted by atomic mass is 9.83. The lowest BCUT2D eigenvalue weighted by Gasteiger charge is -2.24. The van der Waals surface area contributed by atoms with Crippen molar-refractivity contribution in [2.75, 3.05) is 0 Å². The van der Waals surface area contributed by atoms with Crippen molar-refractivity contribution in [3.8, 4) is 0 Å². The highest BCUT2D eigenvalue weighted by Crippen LogP contribution is 2.35. The van der Waals surface area contributed by atoms with Crippen molar-refractivity contribution in [2.24, 2.45) is 5.73 Å². The van der Waals surface area contributed by atoms with Crippen LogP contribution in [0.2, 0.25) is 0 Å². The van der Waals surface area contributed by atoms with E-state index in [0.29, 0.717) is 0 Å². The molecule has 1 aromatic carbocycles. The van der Waals surface area contributed by atoms with Gasteiger partial charge in [0.2, 0.25) is 0 Å². The molecule has 24 heavy (non-hydrogen) atoms. The van der Waals surface area contributed by atoms with Crippen LogP contribution < -0.4 is 5.73 Å². The Bertz CT molecular complexity index is 603. The third-order valence-corrected chi connectivity index (χ3v) is 4.43. The number of nitrogens with two attached hydrogens (primary N) is 1. The molecular weight excluding hydrogens is 290 g/mol. The first-order valence-electron chi connectivity index (χ1n) is 9.33. The summed E-state index contributed by atoms with van der Waals surface area (Å²) >= 11 is 0. The summed E-state index contributed by atoms with van der Waals surface area (Å²) in [4.78, 5) is 0. The monoisotopic (exact) mass is 327 g/mol. The van der Waals surface area contributed by atoms with Crippen molar-refractivity contribution in [3.05, 3.63) is 70.0 Å². The number of hydrogen-bond acceptors (Lipinski definition) is 1. The molecule has 1 heteroatoms. The van der Waals surface area contributed by atoms with Crippen LogP contribution in [-0.2, 0) is 12.8 Å². The first kappa shape index (κ1) is 22.2. The Morgan fingerprint density at radius 1 is 0.833 bits per heavy atom. The fraction of sp³-hybridized carbons (Fsp3) is 0.478. The zero-order chi connectivity index (χ0) is 18.9. The number of rotatable bonds is 4. The molecule has 0 aliphatic heterocycles. The van der Waals surface area contributed by atoms with E-state index in [-0.39, 0.29) is 0 Å². The van der Waals surface area contributed by atoms with Gasteiger partial charge in [0, 0.05) is 5.70 Å². The topological polar surface area (TPSA) is 26.0 Å². The number of allylic oxidation sites excluding steroid dienone is 2. The van der Waals surface area contributed by atoms with E-state index < -0.39 is 0 Å². The maximum Gasteiger partial charge on any atom is 0.0426 e. The molecule has 0 saturated carbocycles. The quantitative estimate of drug-likeness (QED) is 0.664. The minimum absolute atomic E-state index is 0.850. The summed E-state index contributed by atoms with van der Waals surface area (Å²) in [5.41, 5.74) is 15.5. The molecule has 0 unspecified atom stereocenters. The number of aryl methyl sites for hydroxylation is 4. The molecular formula is C23H37N. The van der Waals surface area contributed by atoms with E-state index >= 15 is 0 Å². The minimum atomic E-state index is 0.850. The first-order chi connectivity index (χ1) is 11.4. The van der Waals surface area contributed by atoms with Crippen LogP contribution in [0.15, 0.2) is 47.7 Å². The predicted octanol–water partition coefficient (Wildman–Crippen LogP) is 6.58. The van der Waals surface area contributed by atoms with Gasteiger partial charge in [-0.25, -0.2) is 0 Å². The molecule has 134 valence electrons. The zero-order valence-electron chi connectivity index (χ0n) is 17.0. The van der Waals surface area contributed by atoms with Gasteiger partial charge in [0.05, 0.1) is 0 Å². The molecule has 0 saturated heterocycles. The van der Waals surface area contributed by atoms with E-state index in [0.717, 1.165) is 29.7 Å². The van der Waals surface area contributed by atoms with Crippen molar-refractivity contribution in [2.45, 2.75) is 74.1 Å². The third-order valence-electron chi connectivity index (χ3n) is 4.43. The van der Waals surface area contributed by atoms with E-state index in [1.54, 1.807) is 0 Å². The Hall–Kier alpha value is -1.76. The van der Waals surface area contributed by atoms with E-state index in [9.17, 15) is 0 Å². The molecule has 1 aliphatic carbocycles. The molecule has 1 aromatic rings. The molecule has 0 spiro atoms. The summed E-state index contributed by atoms with van der Waals surface area (Å²) < 4.78 is 0. The third kappa shape index (κ3) is 5.40. The lowest BCUT2D eigenvalue weighted by molar-refractivity contribution is 0.905. The lowest BCUT2D eigenvalue weighted by Crippen LogP contribution is -2.17. The maximum atomic E-state index is 5.59. The highest BCUT2D eigenvalue weighted by molar-refractivity contribution is 5.65. The highest BCUT2D eigenvalue weighted by Gasteiger charge is 2.20. The van der Waals surface area contributed by atoms with Gasteiger partial charge in [0.15, 0.2) is 0 Å². The van der Waals surface area contributed by atoms with Crippen LogP contribution in [0.4, 0.5) is 0 Å². The minimum Gasteiger partial charge on any atom is -0.398 e. The summed E-state index contributed by atoms with van der Waals surface area (Å²) in [6.45, 7) is 22.5. The standard InChI is InChI=1S/C13H20.C8H11N.C2H6/c1-5-7-13-9-12(6-2)10(3)8-11(13)4;1-4-7-5(2)6(3)8(7)9;1-2/h8-9H,5-7H2,1-4H3;2-4,9H2,1H3;1-2H3. The molecule has 2 N–H and O–H groups in total. The van der Waals surface area contributed by atoms with Gasteiger partial charge in [0.25, 0.3) is 0 Å². The number of hydrogen-bond donors (Lipinski definition) is 1. The Morgan fingerprint density at radius 2 is 1.38 bits per heavy atom. The maximum absolute atomic E-state index is 5.59. The van der Waals surface area contributed by atoms with Crippen molar-refractivity contribution in [1.29, 1.82) is 0 Å². The Balaban J connectivity index is 0.000000420. The van der Waals surface area contributed by atoms with Gasteiger partial charge in [-0.15, -0.1) is 0 Å². The Kier molecular flexibility index (Phi) is 10.1. The second-order valence-corrected chi connectivity index (χ2v) is 6.01. The van der Waals surface area contributed by atoms with Crippen molar-refractivity contribution in [1.82, 2.24) is 0 Å². The van der Waals surface area contributed by atoms with Gasteiger partial charge in [-0.3, -0.25) is 0 Å². The average molecular weight is 328 g/mol. The fourth-order valence-electron chi connectivity index (χ4n) is 2.90. The summed E-state index contributed by atoms with van der Waals surface area (Å²) in [5.74, 6) is 0. The molecule has 0 bridgehead atoms. The molecule has 1 nitrogen and oxygen atoms in total. The van der Waals surface area contributed by atoms with Crippen molar-refractivity contribution in [3.63, 3.8) is 0 Å². The van der Waals surface area contributed by atoms with Crippen LogP contribution in [0, 0.1) is 13.8 Å². The summed E-state index contributed by atoms with van der Waals surface area (Å²) in [7, 11) is 0. The van der Waals surface area contributed by atoms with Gasteiger partial charge >= 0.3 is 0 Å². The zero-order valence-corrected chi connectivity index (χ0v) is 17.0. The van der Waals surface area contributed by atoms with E-state index in [2.05, 4.69) is 59.9 Å². The normalized spacial score (nSPS) is 12.8. The molecule has 0 aromatic heterocycles. The molecule has 0 fully saturated rings. The summed E-state index contributed by atoms with van der Waals surface area (Å²) in [5, 5.41) is 0. The fourth-order valence-corrected chi connectivity index (χ4v) is 2.90. The van der Waals surface area contributed by atoms with Crippen molar-refractivity contribution >= 4 is 0 Å². The summed E-state index contributed by atoms with van der Waals surface area (Å²) in [6.07, 6.45) is 4.60. The number of benzene rings is 1. The smallest absolute Gasteiger partial charge is 0.0426 e. The predicted molar refractivity (Wildman–Crippen MR) is 110 cm³/mol. The molecule has 0 atom stereocenters. The highest BCUT2D eigenvalue weighted by atomic mass is 14.6. The largest absolute Gasteiger partial charge is 0.398 e. The van der Waals surface area contributed by atoms with Gasteiger partial charge in [-0.05, 0) is 72.1 Å². The SMILES string of the molecule is C=C1C(=C)C(CC)=C1N.CC.CCCc1cc(CC)c(C)cc1C. The van der Waals surface area contributed by atoms with Gasteiger partial charge in [-0.2, -0.15) is 0 Å². The molecule has 0 heterocycles. The van der Waals surface area contributed by atoms with E-state index in [1.165, 1.54) is 40.7 Å². The van der Waals surface area contributed by atoms with Gasteiger partial charge in [0.1, 0.15) is 0 Å². The van der Waals surface area contributed by atoms with Crippen LogP contribution in [-0.4, -0.2) is 0 Å². The van der Waals surface area contributed by atoms with E-state index in [1.807, 2.05) is 13.8 Å².